The van der Waals surface area contributed by atoms with E-state index in [1.54, 1.807) is 4.90 Å². The van der Waals surface area contributed by atoms with E-state index in [0.29, 0.717) is 32.7 Å². The summed E-state index contributed by atoms with van der Waals surface area (Å²) >= 11 is 0. The Bertz CT molecular complexity index is 888. The summed E-state index contributed by atoms with van der Waals surface area (Å²) in [6.45, 7) is 11.1. The van der Waals surface area contributed by atoms with Crippen molar-refractivity contribution in [3.8, 4) is 0 Å². The highest BCUT2D eigenvalue weighted by atomic mass is 16.7. The van der Waals surface area contributed by atoms with Crippen molar-refractivity contribution in [2.75, 3.05) is 26.3 Å². The molecule has 1 aromatic rings. The smallest absolute Gasteiger partial charge is 0.402 e. The molecule has 36 heavy (non-hydrogen) atoms. The van der Waals surface area contributed by atoms with Gasteiger partial charge < -0.3 is 29.6 Å². The lowest BCUT2D eigenvalue weighted by Gasteiger charge is -2.32. The Morgan fingerprint density at radius 3 is 2.19 bits per heavy atom. The first kappa shape index (κ1) is 28.2. The third-order valence-corrected chi connectivity index (χ3v) is 7.19. The van der Waals surface area contributed by atoms with Crippen molar-refractivity contribution in [2.45, 2.75) is 83.5 Å². The Morgan fingerprint density at radius 2 is 1.61 bits per heavy atom. The highest BCUT2D eigenvalue weighted by Gasteiger charge is 2.54. The van der Waals surface area contributed by atoms with Crippen molar-refractivity contribution in [1.29, 1.82) is 0 Å². The first-order chi connectivity index (χ1) is 17.0. The third-order valence-electron chi connectivity index (χ3n) is 7.19. The predicted molar refractivity (Wildman–Crippen MR) is 137 cm³/mol. The van der Waals surface area contributed by atoms with Crippen LogP contribution >= 0.6 is 0 Å². The quantitative estimate of drug-likeness (QED) is 0.475. The number of carbonyl (C=O) groups excluding carboxylic acids is 3. The van der Waals surface area contributed by atoms with E-state index in [1.807, 2.05) is 45.9 Å². The van der Waals surface area contributed by atoms with Gasteiger partial charge in [-0.15, -0.1) is 0 Å². The van der Waals surface area contributed by atoms with Crippen molar-refractivity contribution in [3.05, 3.63) is 35.9 Å². The zero-order valence-electron chi connectivity index (χ0n) is 22.2. The fourth-order valence-corrected chi connectivity index (χ4v) is 4.35. The molecule has 0 spiro atoms. The van der Waals surface area contributed by atoms with Gasteiger partial charge in [-0.05, 0) is 52.5 Å². The van der Waals surface area contributed by atoms with Crippen LogP contribution in [-0.4, -0.2) is 79.2 Å². The van der Waals surface area contributed by atoms with Gasteiger partial charge >= 0.3 is 7.12 Å². The summed E-state index contributed by atoms with van der Waals surface area (Å²) in [5, 5.41) is 5.68. The first-order valence-corrected chi connectivity index (χ1v) is 12.8. The average Bonchev–Trinajstić information content (AvgIpc) is 3.05. The lowest BCUT2D eigenvalue weighted by atomic mass is 9.75. The normalized spacial score (nSPS) is 20.5. The summed E-state index contributed by atoms with van der Waals surface area (Å²) in [4.78, 5) is 39.7. The van der Waals surface area contributed by atoms with Gasteiger partial charge in [-0.1, -0.05) is 30.3 Å². The Morgan fingerprint density at radius 1 is 1.00 bits per heavy atom. The molecule has 2 N–H and O–H groups in total. The summed E-state index contributed by atoms with van der Waals surface area (Å²) in [7, 11) is -0.650. The second kappa shape index (κ2) is 12.2. The van der Waals surface area contributed by atoms with Gasteiger partial charge in [-0.3, -0.25) is 14.4 Å². The van der Waals surface area contributed by atoms with Crippen LogP contribution in [-0.2, 0) is 34.9 Å². The molecule has 2 aliphatic rings. The minimum atomic E-state index is -0.989. The zero-order chi connectivity index (χ0) is 26.3. The van der Waals surface area contributed by atoms with Gasteiger partial charge in [0.25, 0.3) is 0 Å². The second-order valence-electron chi connectivity index (χ2n) is 10.6. The molecule has 2 heterocycles. The van der Waals surface area contributed by atoms with Gasteiger partial charge in [0, 0.05) is 20.0 Å². The van der Waals surface area contributed by atoms with Crippen LogP contribution < -0.4 is 10.6 Å². The molecule has 2 saturated heterocycles. The average molecular weight is 501 g/mol. The van der Waals surface area contributed by atoms with Gasteiger partial charge in [0.05, 0.1) is 36.8 Å². The van der Waals surface area contributed by atoms with E-state index in [2.05, 4.69) is 22.8 Å². The number of hydrogen-bond acceptors (Lipinski definition) is 6. The van der Waals surface area contributed by atoms with E-state index in [9.17, 15) is 14.4 Å². The molecule has 2 atom stereocenters. The lowest BCUT2D eigenvalue weighted by Crippen LogP contribution is -2.56. The van der Waals surface area contributed by atoms with Crippen molar-refractivity contribution < 1.29 is 28.4 Å². The standard InChI is InChI=1S/C26H40BN3O6/c1-19(31)28-21(18-23(32)30-14-16-34-17-15-30)24(33)29-22(13-9-12-20-10-7-6-8-11-20)27-35-25(2,3)26(4,5)36-27/h6-8,10-11,21-22H,9,12-18H2,1-5H3,(H,28,31)(H,29,33). The molecule has 10 heteroatoms. The number of morpholine rings is 1. The van der Waals surface area contributed by atoms with E-state index in [4.69, 9.17) is 14.0 Å². The van der Waals surface area contributed by atoms with Crippen LogP contribution in [0.4, 0.5) is 0 Å². The summed E-state index contributed by atoms with van der Waals surface area (Å²) in [6, 6.07) is 9.16. The van der Waals surface area contributed by atoms with E-state index in [-0.39, 0.29) is 18.2 Å². The fourth-order valence-electron chi connectivity index (χ4n) is 4.35. The van der Waals surface area contributed by atoms with E-state index in [1.165, 1.54) is 12.5 Å². The molecule has 2 fully saturated rings. The number of rotatable bonds is 10. The third kappa shape index (κ3) is 7.54. The molecule has 3 amide bonds. The number of nitrogens with one attached hydrogen (secondary N) is 2. The van der Waals surface area contributed by atoms with E-state index in [0.717, 1.165) is 12.8 Å². The summed E-state index contributed by atoms with van der Waals surface area (Å²) in [5.74, 6) is -1.44. The van der Waals surface area contributed by atoms with Crippen molar-refractivity contribution >= 4 is 24.8 Å². The van der Waals surface area contributed by atoms with E-state index < -0.39 is 36.2 Å². The molecular formula is C26H40BN3O6. The molecule has 1 aromatic carbocycles. The molecule has 0 saturated carbocycles. The number of ether oxygens (including phenoxy) is 1. The molecular weight excluding hydrogens is 461 g/mol. The van der Waals surface area contributed by atoms with Gasteiger partial charge in [0.15, 0.2) is 0 Å². The maximum atomic E-state index is 13.4. The monoisotopic (exact) mass is 501 g/mol. The molecule has 3 rings (SSSR count). The maximum Gasteiger partial charge on any atom is 0.481 e. The number of aryl methyl sites for hydroxylation is 1. The molecule has 2 unspecified atom stereocenters. The summed E-state index contributed by atoms with van der Waals surface area (Å²) < 4.78 is 17.8. The predicted octanol–water partition coefficient (Wildman–Crippen LogP) is 1.88. The van der Waals surface area contributed by atoms with Crippen LogP contribution in [0.25, 0.3) is 0 Å². The highest BCUT2D eigenvalue weighted by Crippen LogP contribution is 2.38. The van der Waals surface area contributed by atoms with Crippen LogP contribution in [0.3, 0.4) is 0 Å². The molecule has 0 bridgehead atoms. The fraction of sp³-hybridized carbons (Fsp3) is 0.654. The number of nitrogens with zero attached hydrogens (tertiary/aromatic N) is 1. The van der Waals surface area contributed by atoms with Gasteiger partial charge in [0.1, 0.15) is 6.04 Å². The number of amides is 3. The van der Waals surface area contributed by atoms with Crippen molar-refractivity contribution in [2.24, 2.45) is 0 Å². The Labute approximate surface area is 214 Å². The lowest BCUT2D eigenvalue weighted by molar-refractivity contribution is -0.139. The largest absolute Gasteiger partial charge is 0.481 e. The number of carbonyl (C=O) groups is 3. The van der Waals surface area contributed by atoms with Crippen LogP contribution in [0.1, 0.15) is 59.4 Å². The minimum Gasteiger partial charge on any atom is -0.402 e. The Hall–Kier alpha value is -2.43. The first-order valence-electron chi connectivity index (χ1n) is 12.8. The highest BCUT2D eigenvalue weighted by molar-refractivity contribution is 6.48. The molecule has 2 aliphatic heterocycles. The maximum absolute atomic E-state index is 13.4. The van der Waals surface area contributed by atoms with Crippen molar-refractivity contribution in [3.63, 3.8) is 0 Å². The SMILES string of the molecule is CC(=O)NC(CC(=O)N1CCOCC1)C(=O)NC(CCCc1ccccc1)B1OC(C)(C)C(C)(C)O1. The van der Waals surface area contributed by atoms with Crippen LogP contribution in [0.5, 0.6) is 0 Å². The number of benzene rings is 1. The van der Waals surface area contributed by atoms with Crippen LogP contribution in [0, 0.1) is 0 Å². The summed E-state index contributed by atoms with van der Waals surface area (Å²) in [5.41, 5.74) is 0.107. The molecule has 198 valence electrons. The van der Waals surface area contributed by atoms with Gasteiger partial charge in [-0.25, -0.2) is 0 Å². The van der Waals surface area contributed by atoms with Crippen LogP contribution in [0.2, 0.25) is 0 Å². The Balaban J connectivity index is 1.70. The van der Waals surface area contributed by atoms with Gasteiger partial charge in [-0.2, -0.15) is 0 Å². The van der Waals surface area contributed by atoms with Crippen molar-refractivity contribution in [1.82, 2.24) is 15.5 Å². The van der Waals surface area contributed by atoms with E-state index >= 15 is 0 Å². The second-order valence-corrected chi connectivity index (χ2v) is 10.6. The molecule has 9 nitrogen and oxygen atoms in total. The molecule has 0 radical (unpaired) electrons. The molecule has 0 aromatic heterocycles. The topological polar surface area (TPSA) is 106 Å². The van der Waals surface area contributed by atoms with Gasteiger partial charge in [0.2, 0.25) is 17.7 Å². The summed E-state index contributed by atoms with van der Waals surface area (Å²) in [6.07, 6.45) is 2.14. The molecule has 0 aliphatic carbocycles. The Kier molecular flexibility index (Phi) is 9.55. The number of hydrogen-bond donors (Lipinski definition) is 2. The van der Waals surface area contributed by atoms with Crippen LogP contribution in [0.15, 0.2) is 30.3 Å². The zero-order valence-corrected chi connectivity index (χ0v) is 22.2. The minimum absolute atomic E-state index is 0.120.